The maximum atomic E-state index is 14.1. The lowest BCUT2D eigenvalue weighted by molar-refractivity contribution is -0.00513. The number of amides is 1. The van der Waals surface area contributed by atoms with E-state index in [-0.39, 0.29) is 30.1 Å². The highest BCUT2D eigenvalue weighted by Gasteiger charge is 2.30. The average molecular weight is 538 g/mol. The smallest absolute Gasteiger partial charge is 0.257 e. The third kappa shape index (κ3) is 8.96. The van der Waals surface area contributed by atoms with Crippen LogP contribution in [0.5, 0.6) is 11.5 Å². The summed E-state index contributed by atoms with van der Waals surface area (Å²) in [5.41, 5.74) is 1.85. The minimum absolute atomic E-state index is 0.0424. The monoisotopic (exact) mass is 537 g/mol. The largest absolute Gasteiger partial charge is 0.497 e. The van der Waals surface area contributed by atoms with Gasteiger partial charge in [0.1, 0.15) is 11.5 Å². The number of nitrogens with zero attached hydrogens (tertiary/aromatic N) is 2. The van der Waals surface area contributed by atoms with Crippen molar-refractivity contribution in [3.8, 4) is 17.6 Å². The van der Waals surface area contributed by atoms with E-state index >= 15 is 0 Å². The van der Waals surface area contributed by atoms with Crippen molar-refractivity contribution in [2.24, 2.45) is 5.92 Å². The van der Waals surface area contributed by atoms with E-state index < -0.39 is 0 Å². The number of fused-ring (bicyclic) bond motifs is 1. The van der Waals surface area contributed by atoms with Gasteiger partial charge < -0.3 is 29.2 Å². The fourth-order valence-corrected chi connectivity index (χ4v) is 4.74. The minimum atomic E-state index is -0.225. The number of rotatable bonds is 8. The third-order valence-corrected chi connectivity index (χ3v) is 7.11. The van der Waals surface area contributed by atoms with Gasteiger partial charge in [-0.3, -0.25) is 4.79 Å². The molecule has 0 radical (unpaired) electrons. The molecular weight excluding hydrogens is 494 g/mol. The van der Waals surface area contributed by atoms with Crippen molar-refractivity contribution >= 4 is 5.91 Å². The summed E-state index contributed by atoms with van der Waals surface area (Å²) >= 11 is 0. The van der Waals surface area contributed by atoms with Crippen LogP contribution in [0.25, 0.3) is 0 Å². The molecule has 1 N–H and O–H groups in total. The van der Waals surface area contributed by atoms with Gasteiger partial charge >= 0.3 is 0 Å². The number of benzene rings is 2. The van der Waals surface area contributed by atoms with Gasteiger partial charge in [0, 0.05) is 25.6 Å². The second-order valence-electron chi connectivity index (χ2n) is 10.4. The van der Waals surface area contributed by atoms with E-state index in [0.29, 0.717) is 49.8 Å². The quantitative estimate of drug-likeness (QED) is 0.517. The molecule has 2 aromatic rings. The highest BCUT2D eigenvalue weighted by Crippen LogP contribution is 2.27. The first-order valence-electron chi connectivity index (χ1n) is 13.8. The lowest BCUT2D eigenvalue weighted by Crippen LogP contribution is -2.47. The molecule has 0 saturated heterocycles. The zero-order valence-corrected chi connectivity index (χ0v) is 23.9. The summed E-state index contributed by atoms with van der Waals surface area (Å²) in [7, 11) is 3.56. The summed E-state index contributed by atoms with van der Waals surface area (Å²) in [5, 5.41) is 12.8. The van der Waals surface area contributed by atoms with Gasteiger partial charge in [0.25, 0.3) is 5.91 Å². The number of ether oxygens (including phenoxy) is 4. The number of hydrogen-bond donors (Lipinski definition) is 1. The molecule has 8 nitrogen and oxygen atoms in total. The fourth-order valence-electron chi connectivity index (χ4n) is 4.74. The Morgan fingerprint density at radius 3 is 2.64 bits per heavy atom. The van der Waals surface area contributed by atoms with Crippen LogP contribution in [0.15, 0.2) is 42.5 Å². The van der Waals surface area contributed by atoms with Crippen LogP contribution in [0, 0.1) is 17.2 Å². The van der Waals surface area contributed by atoms with Crippen LogP contribution in [0.4, 0.5) is 0 Å². The lowest BCUT2D eigenvalue weighted by Gasteiger charge is -2.35. The Morgan fingerprint density at radius 2 is 1.95 bits per heavy atom. The third-order valence-electron chi connectivity index (χ3n) is 7.11. The molecule has 8 heteroatoms. The van der Waals surface area contributed by atoms with E-state index in [0.717, 1.165) is 30.6 Å². The average Bonchev–Trinajstić information content (AvgIpc) is 2.94. The molecule has 1 heterocycles. The highest BCUT2D eigenvalue weighted by atomic mass is 16.5. The number of hydrogen-bond acceptors (Lipinski definition) is 7. The summed E-state index contributed by atoms with van der Waals surface area (Å²) in [5.74, 6) is 1.19. The number of methoxy groups -OCH3 is 1. The van der Waals surface area contributed by atoms with Crippen molar-refractivity contribution in [3.63, 3.8) is 0 Å². The lowest BCUT2D eigenvalue weighted by atomic mass is 10.0. The van der Waals surface area contributed by atoms with E-state index in [9.17, 15) is 10.1 Å². The molecule has 0 unspecified atom stereocenters. The number of carbonyl (C=O) groups is 1. The Bertz CT molecular complexity index is 1080. The molecule has 1 aliphatic rings. The molecule has 0 spiro atoms. The predicted molar refractivity (Wildman–Crippen MR) is 151 cm³/mol. The van der Waals surface area contributed by atoms with Crippen LogP contribution in [-0.4, -0.2) is 69.5 Å². The van der Waals surface area contributed by atoms with Gasteiger partial charge in [-0.25, -0.2) is 0 Å². The van der Waals surface area contributed by atoms with Gasteiger partial charge in [-0.15, -0.1) is 0 Å². The molecule has 0 saturated carbocycles. The first-order chi connectivity index (χ1) is 18.9. The van der Waals surface area contributed by atoms with Gasteiger partial charge in [-0.1, -0.05) is 19.1 Å². The molecule has 39 heavy (non-hydrogen) atoms. The van der Waals surface area contributed by atoms with E-state index in [1.54, 1.807) is 25.3 Å². The van der Waals surface area contributed by atoms with Crippen molar-refractivity contribution in [2.45, 2.75) is 64.9 Å². The summed E-state index contributed by atoms with van der Waals surface area (Å²) < 4.78 is 23.8. The Morgan fingerprint density at radius 1 is 1.18 bits per heavy atom. The number of nitriles is 1. The van der Waals surface area contributed by atoms with Crippen molar-refractivity contribution in [1.29, 1.82) is 5.26 Å². The second-order valence-corrected chi connectivity index (χ2v) is 10.4. The number of carbonyl (C=O) groups excluding carboxylic acids is 1. The minimum Gasteiger partial charge on any atom is -0.497 e. The fraction of sp³-hybridized carbons (Fsp3) is 0.548. The normalized spacial score (nSPS) is 21.7. The molecule has 1 amide bonds. The molecule has 3 rings (SSSR count). The zero-order valence-electron chi connectivity index (χ0n) is 23.9. The summed E-state index contributed by atoms with van der Waals surface area (Å²) in [6, 6.07) is 14.8. The molecule has 0 aromatic heterocycles. The number of nitrogens with one attached hydrogen (secondary N) is 1. The molecule has 0 fully saturated rings. The molecular formula is C31H43N3O5. The van der Waals surface area contributed by atoms with Crippen molar-refractivity contribution in [3.05, 3.63) is 59.2 Å². The van der Waals surface area contributed by atoms with Gasteiger partial charge in [0.05, 0.1) is 55.8 Å². The second kappa shape index (κ2) is 15.5. The standard InChI is InChI=1S/C31H43N3O5/c1-22-19-34(23(2)20-37-21-25-9-12-27(36-5)13-10-25)31(35)28-16-26(17-32)11-14-29(28)39-24(3)8-6-7-15-38-30(22)18-33-4/h9-14,16,22-24,30,33H,6-8,15,18-21H2,1-5H3/t22-,23+,24+,30+/m1/s1. The van der Waals surface area contributed by atoms with Crippen LogP contribution in [-0.2, 0) is 16.1 Å². The summed E-state index contributed by atoms with van der Waals surface area (Å²) in [4.78, 5) is 16.0. The van der Waals surface area contributed by atoms with Crippen LogP contribution >= 0.6 is 0 Å². The molecule has 0 bridgehead atoms. The first-order valence-corrected chi connectivity index (χ1v) is 13.8. The Kier molecular flexibility index (Phi) is 12.1. The van der Waals surface area contributed by atoms with Crippen molar-refractivity contribution in [2.75, 3.05) is 40.5 Å². The molecule has 4 atom stereocenters. The predicted octanol–water partition coefficient (Wildman–Crippen LogP) is 4.81. The molecule has 1 aliphatic heterocycles. The Balaban J connectivity index is 1.87. The van der Waals surface area contributed by atoms with E-state index in [1.807, 2.05) is 50.1 Å². The SMILES string of the molecule is CNC[C@@H]1OCCCC[C@H](C)Oc2ccc(C#N)cc2C(=O)N([C@@H](C)COCc2ccc(OC)cc2)C[C@H]1C. The highest BCUT2D eigenvalue weighted by molar-refractivity contribution is 5.97. The summed E-state index contributed by atoms with van der Waals surface area (Å²) in [6.07, 6.45) is 2.65. The maximum absolute atomic E-state index is 14.1. The van der Waals surface area contributed by atoms with Gasteiger partial charge in [-0.2, -0.15) is 5.26 Å². The van der Waals surface area contributed by atoms with Crippen molar-refractivity contribution in [1.82, 2.24) is 10.2 Å². The summed E-state index contributed by atoms with van der Waals surface area (Å²) in [6.45, 7) is 8.74. The van der Waals surface area contributed by atoms with Gasteiger partial charge in [-0.05, 0) is 76.1 Å². The van der Waals surface area contributed by atoms with Crippen LogP contribution in [0.2, 0.25) is 0 Å². The van der Waals surface area contributed by atoms with Gasteiger partial charge in [0.2, 0.25) is 0 Å². The van der Waals surface area contributed by atoms with E-state index in [4.69, 9.17) is 18.9 Å². The van der Waals surface area contributed by atoms with Crippen LogP contribution in [0.3, 0.4) is 0 Å². The zero-order chi connectivity index (χ0) is 28.2. The number of likely N-dealkylation sites (N-methyl/N-ethyl adjacent to an activating group) is 1. The molecule has 2 aromatic carbocycles. The maximum Gasteiger partial charge on any atom is 0.257 e. The first kappa shape index (κ1) is 30.4. The Hall–Kier alpha value is -3.12. The van der Waals surface area contributed by atoms with Crippen molar-refractivity contribution < 1.29 is 23.7 Å². The van der Waals surface area contributed by atoms with Gasteiger partial charge in [0.15, 0.2) is 0 Å². The van der Waals surface area contributed by atoms with Crippen LogP contribution < -0.4 is 14.8 Å². The van der Waals surface area contributed by atoms with E-state index in [1.165, 1.54) is 0 Å². The topological polar surface area (TPSA) is 93.0 Å². The Labute approximate surface area is 233 Å². The van der Waals surface area contributed by atoms with Crippen LogP contribution in [0.1, 0.15) is 61.5 Å². The molecule has 212 valence electrons. The molecule has 0 aliphatic carbocycles. The van der Waals surface area contributed by atoms with E-state index in [2.05, 4.69) is 18.3 Å².